The highest BCUT2D eigenvalue weighted by molar-refractivity contribution is 8.18. The second-order valence-corrected chi connectivity index (χ2v) is 9.18. The molecule has 36 heavy (non-hydrogen) atoms. The molecule has 0 radical (unpaired) electrons. The quantitative estimate of drug-likeness (QED) is 0.400. The summed E-state index contributed by atoms with van der Waals surface area (Å²) in [5.41, 5.74) is 3.48. The molecular formula is C28H26N2O5S. The first kappa shape index (κ1) is 25.1. The number of imide groups is 1. The molecule has 1 aliphatic rings. The highest BCUT2D eigenvalue weighted by atomic mass is 32.2. The van der Waals surface area contributed by atoms with Crippen LogP contribution >= 0.6 is 11.8 Å². The third kappa shape index (κ3) is 6.34. The second-order valence-electron chi connectivity index (χ2n) is 8.19. The van der Waals surface area contributed by atoms with Crippen LogP contribution in [0.2, 0.25) is 0 Å². The summed E-state index contributed by atoms with van der Waals surface area (Å²) in [4.78, 5) is 39.1. The maximum Gasteiger partial charge on any atom is 0.293 e. The van der Waals surface area contributed by atoms with E-state index in [2.05, 4.69) is 5.32 Å². The van der Waals surface area contributed by atoms with E-state index in [9.17, 15) is 14.4 Å². The van der Waals surface area contributed by atoms with Crippen LogP contribution in [0.4, 0.5) is 10.5 Å². The van der Waals surface area contributed by atoms with Gasteiger partial charge in [0, 0.05) is 12.2 Å². The summed E-state index contributed by atoms with van der Waals surface area (Å²) in [6, 6.07) is 22.3. The second kappa shape index (κ2) is 11.6. The first-order valence-electron chi connectivity index (χ1n) is 11.4. The number of hydrogen-bond donors (Lipinski definition) is 1. The summed E-state index contributed by atoms with van der Waals surface area (Å²) in [7, 11) is 1.50. The van der Waals surface area contributed by atoms with Gasteiger partial charge in [-0.2, -0.15) is 0 Å². The molecule has 0 aliphatic carbocycles. The molecule has 3 aromatic carbocycles. The lowest BCUT2D eigenvalue weighted by Crippen LogP contribution is -2.30. The number of rotatable bonds is 9. The lowest BCUT2D eigenvalue weighted by atomic mass is 10.1. The zero-order valence-corrected chi connectivity index (χ0v) is 20.8. The Bertz CT molecular complexity index is 1310. The van der Waals surface area contributed by atoms with Crippen molar-refractivity contribution in [1.29, 1.82) is 0 Å². The number of ether oxygens (including phenoxy) is 2. The Kier molecular flexibility index (Phi) is 8.07. The normalized spacial score (nSPS) is 14.3. The molecule has 8 heteroatoms. The van der Waals surface area contributed by atoms with E-state index in [0.29, 0.717) is 40.6 Å². The van der Waals surface area contributed by atoms with Gasteiger partial charge in [-0.1, -0.05) is 48.5 Å². The van der Waals surface area contributed by atoms with E-state index >= 15 is 0 Å². The number of benzene rings is 3. The molecule has 4 rings (SSSR count). The third-order valence-corrected chi connectivity index (χ3v) is 6.39. The Balaban J connectivity index is 1.38. The van der Waals surface area contributed by atoms with Crippen molar-refractivity contribution in [3.63, 3.8) is 0 Å². The molecule has 0 saturated carbocycles. The minimum Gasteiger partial charge on any atom is -0.493 e. The van der Waals surface area contributed by atoms with E-state index in [1.807, 2.05) is 61.5 Å². The molecular weight excluding hydrogens is 476 g/mol. The van der Waals surface area contributed by atoms with E-state index in [4.69, 9.17) is 9.47 Å². The SMILES string of the molecule is COc1cc(/C=C2/SC(=O)N(CCc3ccccc3)C2=O)ccc1OCC(=O)Nc1cccc(C)c1. The van der Waals surface area contributed by atoms with Crippen molar-refractivity contribution >= 4 is 40.6 Å². The molecule has 0 atom stereocenters. The number of nitrogens with one attached hydrogen (secondary N) is 1. The molecule has 0 spiro atoms. The summed E-state index contributed by atoms with van der Waals surface area (Å²) in [5, 5.41) is 2.51. The highest BCUT2D eigenvalue weighted by Gasteiger charge is 2.34. The zero-order chi connectivity index (χ0) is 25.5. The smallest absolute Gasteiger partial charge is 0.293 e. The molecule has 0 aromatic heterocycles. The van der Waals surface area contributed by atoms with Crippen molar-refractivity contribution in [2.24, 2.45) is 0 Å². The molecule has 184 valence electrons. The standard InChI is InChI=1S/C28H26N2O5S/c1-19-7-6-10-22(15-19)29-26(31)18-35-23-12-11-21(16-24(23)34-2)17-25-27(32)30(28(33)36-25)14-13-20-8-4-3-5-9-20/h3-12,15-17H,13-14,18H2,1-2H3,(H,29,31)/b25-17+. The zero-order valence-electron chi connectivity index (χ0n) is 20.0. The van der Waals surface area contributed by atoms with Gasteiger partial charge in [0.25, 0.3) is 17.1 Å². The molecule has 1 saturated heterocycles. The first-order chi connectivity index (χ1) is 17.4. The molecule has 1 aliphatic heterocycles. The van der Waals surface area contributed by atoms with Crippen molar-refractivity contribution in [3.8, 4) is 11.5 Å². The fourth-order valence-corrected chi connectivity index (χ4v) is 4.55. The molecule has 1 fully saturated rings. The number of aryl methyl sites for hydroxylation is 1. The number of amides is 3. The number of thioether (sulfide) groups is 1. The maximum atomic E-state index is 12.8. The van der Waals surface area contributed by atoms with Crippen molar-refractivity contribution in [3.05, 3.63) is 94.4 Å². The molecule has 3 amide bonds. The highest BCUT2D eigenvalue weighted by Crippen LogP contribution is 2.34. The van der Waals surface area contributed by atoms with Gasteiger partial charge in [0.05, 0.1) is 12.0 Å². The first-order valence-corrected chi connectivity index (χ1v) is 12.2. The van der Waals surface area contributed by atoms with Crippen LogP contribution < -0.4 is 14.8 Å². The number of anilines is 1. The van der Waals surface area contributed by atoms with E-state index in [-0.39, 0.29) is 23.7 Å². The van der Waals surface area contributed by atoms with Crippen LogP contribution in [-0.4, -0.2) is 42.2 Å². The van der Waals surface area contributed by atoms with Crippen LogP contribution in [0, 0.1) is 6.92 Å². The molecule has 7 nitrogen and oxygen atoms in total. The van der Waals surface area contributed by atoms with E-state index in [1.165, 1.54) is 12.0 Å². The van der Waals surface area contributed by atoms with Crippen LogP contribution in [0.3, 0.4) is 0 Å². The molecule has 0 bridgehead atoms. The van der Waals surface area contributed by atoms with E-state index < -0.39 is 0 Å². The van der Waals surface area contributed by atoms with Crippen molar-refractivity contribution in [1.82, 2.24) is 4.90 Å². The van der Waals surface area contributed by atoms with Gasteiger partial charge in [0.15, 0.2) is 18.1 Å². The average Bonchev–Trinajstić information content (AvgIpc) is 3.14. The van der Waals surface area contributed by atoms with E-state index in [0.717, 1.165) is 22.9 Å². The van der Waals surface area contributed by atoms with Crippen LogP contribution in [-0.2, 0) is 16.0 Å². The van der Waals surface area contributed by atoms with Gasteiger partial charge in [0.1, 0.15) is 0 Å². The van der Waals surface area contributed by atoms with Gasteiger partial charge in [-0.25, -0.2) is 0 Å². The lowest BCUT2D eigenvalue weighted by molar-refractivity contribution is -0.122. The molecule has 3 aromatic rings. The number of carbonyl (C=O) groups excluding carboxylic acids is 3. The van der Waals surface area contributed by atoms with Crippen molar-refractivity contribution < 1.29 is 23.9 Å². The minimum atomic E-state index is -0.312. The molecule has 1 N–H and O–H groups in total. The van der Waals surface area contributed by atoms with Gasteiger partial charge < -0.3 is 14.8 Å². The van der Waals surface area contributed by atoms with Crippen LogP contribution in [0.1, 0.15) is 16.7 Å². The monoisotopic (exact) mass is 502 g/mol. The van der Waals surface area contributed by atoms with Gasteiger partial charge in [-0.15, -0.1) is 0 Å². The summed E-state index contributed by atoms with van der Waals surface area (Å²) in [6.07, 6.45) is 2.26. The topological polar surface area (TPSA) is 84.9 Å². The van der Waals surface area contributed by atoms with Gasteiger partial charge in [0.2, 0.25) is 0 Å². The average molecular weight is 503 g/mol. The van der Waals surface area contributed by atoms with Gasteiger partial charge >= 0.3 is 0 Å². The van der Waals surface area contributed by atoms with Crippen LogP contribution in [0.5, 0.6) is 11.5 Å². The number of carbonyl (C=O) groups is 3. The summed E-state index contributed by atoms with van der Waals surface area (Å²) < 4.78 is 11.1. The fourth-order valence-electron chi connectivity index (χ4n) is 3.69. The van der Waals surface area contributed by atoms with Crippen molar-refractivity contribution in [2.75, 3.05) is 25.6 Å². The van der Waals surface area contributed by atoms with Gasteiger partial charge in [-0.05, 0) is 72.1 Å². The predicted molar refractivity (Wildman–Crippen MR) is 141 cm³/mol. The summed E-state index contributed by atoms with van der Waals surface area (Å²) in [5.74, 6) is 0.198. The maximum absolute atomic E-state index is 12.8. The number of hydrogen-bond acceptors (Lipinski definition) is 6. The largest absolute Gasteiger partial charge is 0.493 e. The third-order valence-electron chi connectivity index (χ3n) is 5.49. The Morgan fingerprint density at radius 1 is 1.00 bits per heavy atom. The number of methoxy groups -OCH3 is 1. The fraction of sp³-hybridized carbons (Fsp3) is 0.179. The molecule has 1 heterocycles. The van der Waals surface area contributed by atoms with Crippen molar-refractivity contribution in [2.45, 2.75) is 13.3 Å². The van der Waals surface area contributed by atoms with Gasteiger partial charge in [-0.3, -0.25) is 19.3 Å². The number of nitrogens with zero attached hydrogens (tertiary/aromatic N) is 1. The lowest BCUT2D eigenvalue weighted by Gasteiger charge is -2.12. The van der Waals surface area contributed by atoms with E-state index in [1.54, 1.807) is 24.3 Å². The predicted octanol–water partition coefficient (Wildman–Crippen LogP) is 5.30. The Morgan fingerprint density at radius 3 is 2.56 bits per heavy atom. The van der Waals surface area contributed by atoms with Crippen LogP contribution in [0.15, 0.2) is 77.7 Å². The molecule has 0 unspecified atom stereocenters. The Hall–Kier alpha value is -4.04. The minimum absolute atomic E-state index is 0.191. The summed E-state index contributed by atoms with van der Waals surface area (Å²) >= 11 is 0.919. The Labute approximate surface area is 214 Å². The summed E-state index contributed by atoms with van der Waals surface area (Å²) in [6.45, 7) is 2.08. The van der Waals surface area contributed by atoms with Crippen LogP contribution in [0.25, 0.3) is 6.08 Å². The Morgan fingerprint density at radius 2 is 1.81 bits per heavy atom.